The predicted molar refractivity (Wildman–Crippen MR) is 132 cm³/mol. The minimum Gasteiger partial charge on any atom is -0.475 e. The number of nitro benzene ring substituents is 1. The van der Waals surface area contributed by atoms with Crippen molar-refractivity contribution in [1.82, 2.24) is 9.97 Å². The van der Waals surface area contributed by atoms with E-state index in [1.54, 1.807) is 18.2 Å². The third-order valence-corrected chi connectivity index (χ3v) is 4.80. The second-order valence-electron chi connectivity index (χ2n) is 7.03. The standard InChI is InChI=1S/C15H20N2O3.C9H5ClN2O2/c1-2-18-7-8-19-9-10-20-15-6-3-12-11-13(16)4-5-14(12)17-15;10-9-4-1-6-5-7(12(13)14)2-3-8(6)11-9/h3-6,11H,2,7-10,16H2,1H3;1-5H. The maximum absolute atomic E-state index is 10.5. The number of nitrogens with zero attached hydrogens (tertiary/aromatic N) is 3. The Balaban J connectivity index is 0.000000202. The number of anilines is 1. The summed E-state index contributed by atoms with van der Waals surface area (Å²) < 4.78 is 16.1. The van der Waals surface area contributed by atoms with Crippen LogP contribution in [0.15, 0.2) is 60.7 Å². The first-order chi connectivity index (χ1) is 16.5. The number of hydrogen-bond acceptors (Lipinski definition) is 8. The van der Waals surface area contributed by atoms with Crippen LogP contribution in [0.3, 0.4) is 0 Å². The second kappa shape index (κ2) is 12.6. The van der Waals surface area contributed by atoms with Gasteiger partial charge < -0.3 is 19.9 Å². The number of ether oxygens (including phenoxy) is 3. The number of nitrogen functional groups attached to an aromatic ring is 1. The monoisotopic (exact) mass is 484 g/mol. The maximum Gasteiger partial charge on any atom is 0.270 e. The van der Waals surface area contributed by atoms with Crippen LogP contribution < -0.4 is 10.5 Å². The van der Waals surface area contributed by atoms with E-state index in [9.17, 15) is 10.1 Å². The van der Waals surface area contributed by atoms with Crippen LogP contribution in [-0.2, 0) is 9.47 Å². The molecule has 10 heteroatoms. The summed E-state index contributed by atoms with van der Waals surface area (Å²) in [5.41, 5.74) is 8.04. The van der Waals surface area contributed by atoms with E-state index in [1.165, 1.54) is 12.1 Å². The van der Waals surface area contributed by atoms with Crippen molar-refractivity contribution < 1.29 is 19.1 Å². The van der Waals surface area contributed by atoms with Gasteiger partial charge in [0.05, 0.1) is 35.8 Å². The van der Waals surface area contributed by atoms with E-state index in [1.807, 2.05) is 37.3 Å². The fraction of sp³-hybridized carbons (Fsp3) is 0.250. The summed E-state index contributed by atoms with van der Waals surface area (Å²) in [4.78, 5) is 18.5. The van der Waals surface area contributed by atoms with Gasteiger partial charge in [-0.25, -0.2) is 9.97 Å². The Hall–Kier alpha value is -3.53. The summed E-state index contributed by atoms with van der Waals surface area (Å²) in [6, 6.07) is 17.2. The van der Waals surface area contributed by atoms with Crippen LogP contribution in [0.5, 0.6) is 5.88 Å². The van der Waals surface area contributed by atoms with E-state index in [0.717, 1.165) is 16.6 Å². The van der Waals surface area contributed by atoms with Gasteiger partial charge in [-0.15, -0.1) is 0 Å². The molecule has 0 unspecified atom stereocenters. The number of aromatic nitrogens is 2. The van der Waals surface area contributed by atoms with Gasteiger partial charge in [0.2, 0.25) is 5.88 Å². The highest BCUT2D eigenvalue weighted by atomic mass is 35.5. The topological polar surface area (TPSA) is 123 Å². The molecule has 0 bridgehead atoms. The molecule has 0 saturated carbocycles. The van der Waals surface area contributed by atoms with Gasteiger partial charge >= 0.3 is 0 Å². The number of benzene rings is 2. The zero-order valence-electron chi connectivity index (χ0n) is 18.6. The Morgan fingerprint density at radius 3 is 2.35 bits per heavy atom. The van der Waals surface area contributed by atoms with E-state index < -0.39 is 4.92 Å². The lowest BCUT2D eigenvalue weighted by Crippen LogP contribution is -2.11. The zero-order chi connectivity index (χ0) is 24.3. The summed E-state index contributed by atoms with van der Waals surface area (Å²) in [6.07, 6.45) is 0. The lowest BCUT2D eigenvalue weighted by Gasteiger charge is -2.07. The largest absolute Gasteiger partial charge is 0.475 e. The molecule has 2 aromatic heterocycles. The number of non-ortho nitro benzene ring substituents is 1. The molecule has 0 aliphatic heterocycles. The van der Waals surface area contributed by atoms with E-state index in [0.29, 0.717) is 55.0 Å². The minimum absolute atomic E-state index is 0.0571. The number of halogens is 1. The highest BCUT2D eigenvalue weighted by molar-refractivity contribution is 6.29. The van der Waals surface area contributed by atoms with Crippen LogP contribution in [0, 0.1) is 10.1 Å². The molecule has 2 N–H and O–H groups in total. The molecule has 0 radical (unpaired) electrons. The number of hydrogen-bond donors (Lipinski definition) is 1. The van der Waals surface area contributed by atoms with E-state index in [4.69, 9.17) is 31.5 Å². The second-order valence-corrected chi connectivity index (χ2v) is 7.41. The Morgan fingerprint density at radius 1 is 0.882 bits per heavy atom. The van der Waals surface area contributed by atoms with Gasteiger partial charge in [-0.1, -0.05) is 11.6 Å². The van der Waals surface area contributed by atoms with Crippen LogP contribution in [0.1, 0.15) is 6.92 Å². The number of nitro groups is 1. The molecule has 2 aromatic carbocycles. The van der Waals surface area contributed by atoms with Crippen molar-refractivity contribution in [2.24, 2.45) is 0 Å². The fourth-order valence-corrected chi connectivity index (χ4v) is 3.13. The van der Waals surface area contributed by atoms with Gasteiger partial charge in [-0.3, -0.25) is 10.1 Å². The van der Waals surface area contributed by atoms with E-state index >= 15 is 0 Å². The summed E-state index contributed by atoms with van der Waals surface area (Å²) >= 11 is 5.68. The normalized spacial score (nSPS) is 10.6. The van der Waals surface area contributed by atoms with Crippen LogP contribution in [-0.4, -0.2) is 47.9 Å². The first-order valence-electron chi connectivity index (χ1n) is 10.6. The average molecular weight is 485 g/mol. The van der Waals surface area contributed by atoms with Crippen molar-refractivity contribution in [3.8, 4) is 5.88 Å². The highest BCUT2D eigenvalue weighted by Crippen LogP contribution is 2.21. The molecule has 0 amide bonds. The summed E-state index contributed by atoms with van der Waals surface area (Å²) in [6.45, 7) is 4.87. The van der Waals surface area contributed by atoms with Crippen molar-refractivity contribution in [3.63, 3.8) is 0 Å². The molecule has 178 valence electrons. The van der Waals surface area contributed by atoms with Crippen molar-refractivity contribution in [1.29, 1.82) is 0 Å². The average Bonchev–Trinajstić information content (AvgIpc) is 2.83. The Morgan fingerprint density at radius 2 is 1.56 bits per heavy atom. The molecule has 34 heavy (non-hydrogen) atoms. The van der Waals surface area contributed by atoms with Gasteiger partial charge in [0, 0.05) is 41.3 Å². The van der Waals surface area contributed by atoms with Crippen molar-refractivity contribution in [2.75, 3.05) is 38.8 Å². The summed E-state index contributed by atoms with van der Waals surface area (Å²) in [5, 5.41) is 12.6. The molecular formula is C24H25ClN4O5. The molecule has 0 fully saturated rings. The van der Waals surface area contributed by atoms with Gasteiger partial charge in [0.1, 0.15) is 11.8 Å². The fourth-order valence-electron chi connectivity index (χ4n) is 2.98. The highest BCUT2D eigenvalue weighted by Gasteiger charge is 2.06. The van der Waals surface area contributed by atoms with Crippen molar-refractivity contribution in [2.45, 2.75) is 6.92 Å². The molecule has 4 rings (SSSR count). The van der Waals surface area contributed by atoms with Gasteiger partial charge in [-0.2, -0.15) is 0 Å². The van der Waals surface area contributed by atoms with Gasteiger partial charge in [-0.05, 0) is 49.4 Å². The maximum atomic E-state index is 10.5. The molecule has 0 spiro atoms. The van der Waals surface area contributed by atoms with Crippen molar-refractivity contribution >= 4 is 44.8 Å². The van der Waals surface area contributed by atoms with E-state index in [2.05, 4.69) is 9.97 Å². The number of nitrogens with two attached hydrogens (primary N) is 1. The molecule has 0 aliphatic rings. The first kappa shape index (κ1) is 25.1. The Kier molecular flexibility index (Phi) is 9.33. The minimum atomic E-state index is -0.436. The third-order valence-electron chi connectivity index (χ3n) is 4.59. The smallest absolute Gasteiger partial charge is 0.270 e. The van der Waals surface area contributed by atoms with Gasteiger partial charge in [0.15, 0.2) is 0 Å². The zero-order valence-corrected chi connectivity index (χ0v) is 19.4. The van der Waals surface area contributed by atoms with Crippen molar-refractivity contribution in [3.05, 3.63) is 75.9 Å². The summed E-state index contributed by atoms with van der Waals surface area (Å²) in [7, 11) is 0. The van der Waals surface area contributed by atoms with Gasteiger partial charge in [0.25, 0.3) is 5.69 Å². The van der Waals surface area contributed by atoms with Crippen LogP contribution in [0.25, 0.3) is 21.8 Å². The first-order valence-corrected chi connectivity index (χ1v) is 11.0. The van der Waals surface area contributed by atoms with E-state index in [-0.39, 0.29) is 5.69 Å². The summed E-state index contributed by atoms with van der Waals surface area (Å²) in [5.74, 6) is 0.593. The quantitative estimate of drug-likeness (QED) is 0.115. The number of fused-ring (bicyclic) bond motifs is 2. The molecule has 4 aromatic rings. The predicted octanol–water partition coefficient (Wildman–Crippen LogP) is 5.05. The van der Waals surface area contributed by atoms with Crippen LogP contribution in [0.2, 0.25) is 5.15 Å². The molecule has 9 nitrogen and oxygen atoms in total. The molecule has 0 aliphatic carbocycles. The SMILES string of the molecule is CCOCCOCCOc1ccc2cc(N)ccc2n1.O=[N+]([O-])c1ccc2nc(Cl)ccc2c1. The molecule has 0 atom stereocenters. The Labute approximate surface area is 201 Å². The Bertz CT molecular complexity index is 1250. The molecule has 0 saturated heterocycles. The molecular weight excluding hydrogens is 460 g/mol. The lowest BCUT2D eigenvalue weighted by molar-refractivity contribution is -0.384. The number of rotatable bonds is 9. The third kappa shape index (κ3) is 7.51. The number of pyridine rings is 2. The lowest BCUT2D eigenvalue weighted by atomic mass is 10.2. The van der Waals surface area contributed by atoms with Crippen LogP contribution >= 0.6 is 11.6 Å². The molecule has 2 heterocycles. The van der Waals surface area contributed by atoms with Crippen LogP contribution in [0.4, 0.5) is 11.4 Å².